The average molecular weight is 376 g/mol. The molecule has 3 atom stereocenters. The van der Waals surface area contributed by atoms with Crippen LogP contribution in [0.1, 0.15) is 28.8 Å². The summed E-state index contributed by atoms with van der Waals surface area (Å²) in [5.41, 5.74) is 3.63. The minimum atomic E-state index is -0.990. The van der Waals surface area contributed by atoms with E-state index in [1.807, 2.05) is 18.2 Å². The molecule has 2 aliphatic carbocycles. The van der Waals surface area contributed by atoms with Gasteiger partial charge in [0.15, 0.2) is 11.5 Å². The summed E-state index contributed by atoms with van der Waals surface area (Å²) in [5, 5.41) is 34.6. The number of fused-ring (bicyclic) bond motifs is 4. The third kappa shape index (κ3) is 1.75. The molecule has 144 valence electrons. The number of aromatic hydroxyl groups is 2. The highest BCUT2D eigenvalue weighted by atomic mass is 16.3. The summed E-state index contributed by atoms with van der Waals surface area (Å²) >= 11 is 0. The summed E-state index contributed by atoms with van der Waals surface area (Å²) < 4.78 is 0. The third-order valence-corrected chi connectivity index (χ3v) is 7.76. The van der Waals surface area contributed by atoms with Crippen molar-refractivity contribution in [1.82, 2.24) is 9.88 Å². The molecule has 6 rings (SSSR count). The number of piperidine rings is 1. The summed E-state index contributed by atoms with van der Waals surface area (Å²) in [6, 6.07) is 11.7. The maximum atomic E-state index is 12.3. The molecular weight excluding hydrogens is 352 g/mol. The largest absolute Gasteiger partial charge is 0.504 e. The van der Waals surface area contributed by atoms with Gasteiger partial charge in [0.2, 0.25) is 0 Å². The van der Waals surface area contributed by atoms with Gasteiger partial charge in [-0.05, 0) is 49.7 Å². The Hall–Kier alpha value is -2.50. The van der Waals surface area contributed by atoms with Gasteiger partial charge in [0.1, 0.15) is 0 Å². The van der Waals surface area contributed by atoms with Crippen LogP contribution in [-0.2, 0) is 24.7 Å². The molecule has 2 heterocycles. The Labute approximate surface area is 163 Å². The van der Waals surface area contributed by atoms with Gasteiger partial charge in [0.25, 0.3) is 0 Å². The zero-order chi connectivity index (χ0) is 19.3. The molecule has 1 aliphatic heterocycles. The van der Waals surface area contributed by atoms with E-state index in [1.54, 1.807) is 6.07 Å². The Kier molecular flexibility index (Phi) is 3.00. The first-order valence-corrected chi connectivity index (χ1v) is 10.00. The normalized spacial score (nSPS) is 31.3. The molecule has 5 heteroatoms. The van der Waals surface area contributed by atoms with E-state index in [2.05, 4.69) is 29.1 Å². The second kappa shape index (κ2) is 5.10. The van der Waals surface area contributed by atoms with Crippen molar-refractivity contribution in [3.8, 4) is 11.5 Å². The Bertz CT molecular complexity index is 1140. The standard InChI is InChI=1S/C23H24N2O3/c1-25-9-8-22-12-17-15(14-4-2-3-5-16(14)24-17)11-23(22,28)19(25)10-13-6-7-18(26)21(27)20(13)22/h2-7,19,24,26-28H,8-12H2,1H3/t19?,22?,23-/m1/s1. The number of likely N-dealkylation sites (tertiary alicyclic amines) is 1. The van der Waals surface area contributed by atoms with Crippen molar-refractivity contribution in [1.29, 1.82) is 0 Å². The number of para-hydroxylation sites is 1. The summed E-state index contributed by atoms with van der Waals surface area (Å²) in [6.45, 7) is 0.858. The Morgan fingerprint density at radius 3 is 2.79 bits per heavy atom. The van der Waals surface area contributed by atoms with Crippen molar-refractivity contribution >= 4 is 10.9 Å². The fourth-order valence-electron chi connectivity index (χ4n) is 6.42. The van der Waals surface area contributed by atoms with Crippen LogP contribution < -0.4 is 0 Å². The van der Waals surface area contributed by atoms with Crippen molar-refractivity contribution < 1.29 is 15.3 Å². The van der Waals surface area contributed by atoms with E-state index in [1.165, 1.54) is 10.9 Å². The van der Waals surface area contributed by atoms with Gasteiger partial charge in [0.05, 0.1) is 5.60 Å². The monoisotopic (exact) mass is 376 g/mol. The third-order valence-electron chi connectivity index (χ3n) is 7.76. The maximum Gasteiger partial charge on any atom is 0.161 e. The fourth-order valence-corrected chi connectivity index (χ4v) is 6.42. The number of hydrogen-bond donors (Lipinski definition) is 4. The van der Waals surface area contributed by atoms with Crippen LogP contribution in [0.2, 0.25) is 0 Å². The predicted octanol–water partition coefficient (Wildman–Crippen LogP) is 2.61. The first-order valence-electron chi connectivity index (χ1n) is 10.00. The Balaban J connectivity index is 1.67. The lowest BCUT2D eigenvalue weighted by Gasteiger charge is -2.63. The zero-order valence-electron chi connectivity index (χ0n) is 15.9. The highest BCUT2D eigenvalue weighted by Crippen LogP contribution is 2.60. The lowest BCUT2D eigenvalue weighted by molar-refractivity contribution is -0.145. The van der Waals surface area contributed by atoms with Crippen LogP contribution >= 0.6 is 0 Å². The minimum Gasteiger partial charge on any atom is -0.504 e. The molecule has 1 aromatic heterocycles. The van der Waals surface area contributed by atoms with E-state index in [4.69, 9.17) is 0 Å². The van der Waals surface area contributed by atoms with Crippen molar-refractivity contribution in [3.05, 3.63) is 58.8 Å². The number of nitrogens with one attached hydrogen (secondary N) is 1. The number of phenolic OH excluding ortho intramolecular Hbond substituents is 2. The van der Waals surface area contributed by atoms with E-state index in [-0.39, 0.29) is 17.5 Å². The Morgan fingerprint density at radius 2 is 1.93 bits per heavy atom. The summed E-state index contributed by atoms with van der Waals surface area (Å²) in [6.07, 6.45) is 2.61. The van der Waals surface area contributed by atoms with Gasteiger partial charge in [-0.1, -0.05) is 24.3 Å². The number of phenols is 2. The summed E-state index contributed by atoms with van der Waals surface area (Å²) in [7, 11) is 2.09. The zero-order valence-corrected chi connectivity index (χ0v) is 15.9. The van der Waals surface area contributed by atoms with Crippen LogP contribution in [-0.4, -0.2) is 50.4 Å². The molecule has 0 amide bonds. The lowest BCUT2D eigenvalue weighted by atomic mass is 9.49. The van der Waals surface area contributed by atoms with E-state index >= 15 is 0 Å². The molecule has 0 spiro atoms. The van der Waals surface area contributed by atoms with Gasteiger partial charge >= 0.3 is 0 Å². The first-order chi connectivity index (χ1) is 13.4. The predicted molar refractivity (Wildman–Crippen MR) is 107 cm³/mol. The second-order valence-electron chi connectivity index (χ2n) is 8.91. The van der Waals surface area contributed by atoms with Gasteiger partial charge in [-0.3, -0.25) is 0 Å². The van der Waals surface area contributed by atoms with Crippen LogP contribution in [0.5, 0.6) is 11.5 Å². The van der Waals surface area contributed by atoms with Crippen molar-refractivity contribution in [2.24, 2.45) is 0 Å². The molecule has 3 aliphatic rings. The van der Waals surface area contributed by atoms with Crippen LogP contribution in [0.3, 0.4) is 0 Å². The molecule has 3 aromatic rings. The average Bonchev–Trinajstić information content (AvgIpc) is 3.02. The summed E-state index contributed by atoms with van der Waals surface area (Å²) in [5.74, 6) is -0.159. The number of H-pyrrole nitrogens is 1. The highest BCUT2D eigenvalue weighted by Gasteiger charge is 2.65. The number of likely N-dealkylation sites (N-methyl/N-ethyl adjacent to an activating group) is 1. The molecular formula is C23H24N2O3. The SMILES string of the molecule is CN1CCC23Cc4[nH]c5ccccc5c4C[C@@]2(O)C1Cc1ccc(O)c(O)c13. The lowest BCUT2D eigenvalue weighted by Crippen LogP contribution is -2.73. The number of rotatable bonds is 0. The topological polar surface area (TPSA) is 79.7 Å². The summed E-state index contributed by atoms with van der Waals surface area (Å²) in [4.78, 5) is 5.84. The van der Waals surface area contributed by atoms with Crippen LogP contribution in [0.25, 0.3) is 10.9 Å². The second-order valence-corrected chi connectivity index (χ2v) is 8.91. The number of nitrogens with zero attached hydrogens (tertiary/aromatic N) is 1. The molecule has 0 radical (unpaired) electrons. The van der Waals surface area contributed by atoms with Crippen molar-refractivity contribution in [2.75, 3.05) is 13.6 Å². The molecule has 2 aromatic carbocycles. The van der Waals surface area contributed by atoms with Gasteiger partial charge in [0, 0.05) is 46.5 Å². The van der Waals surface area contributed by atoms with Gasteiger partial charge < -0.3 is 25.2 Å². The highest BCUT2D eigenvalue weighted by molar-refractivity contribution is 5.85. The number of aromatic amines is 1. The van der Waals surface area contributed by atoms with E-state index in [0.29, 0.717) is 19.3 Å². The van der Waals surface area contributed by atoms with E-state index in [9.17, 15) is 15.3 Å². The van der Waals surface area contributed by atoms with Crippen LogP contribution in [0, 0.1) is 0 Å². The van der Waals surface area contributed by atoms with Crippen molar-refractivity contribution in [3.63, 3.8) is 0 Å². The van der Waals surface area contributed by atoms with E-state index in [0.717, 1.165) is 35.3 Å². The maximum absolute atomic E-state index is 12.3. The number of aromatic nitrogens is 1. The number of aliphatic hydroxyl groups is 1. The van der Waals surface area contributed by atoms with E-state index < -0.39 is 11.0 Å². The van der Waals surface area contributed by atoms with Crippen LogP contribution in [0.15, 0.2) is 36.4 Å². The smallest absolute Gasteiger partial charge is 0.161 e. The molecule has 28 heavy (non-hydrogen) atoms. The van der Waals surface area contributed by atoms with Crippen molar-refractivity contribution in [2.45, 2.75) is 42.7 Å². The molecule has 2 bridgehead atoms. The van der Waals surface area contributed by atoms with Gasteiger partial charge in [-0.15, -0.1) is 0 Å². The molecule has 1 saturated heterocycles. The van der Waals surface area contributed by atoms with Gasteiger partial charge in [-0.25, -0.2) is 0 Å². The minimum absolute atomic E-state index is 0.0143. The first kappa shape index (κ1) is 16.5. The Morgan fingerprint density at radius 1 is 1.11 bits per heavy atom. The van der Waals surface area contributed by atoms with Crippen LogP contribution in [0.4, 0.5) is 0 Å². The number of benzene rings is 2. The molecule has 0 saturated carbocycles. The molecule has 2 unspecified atom stereocenters. The number of hydrogen-bond acceptors (Lipinski definition) is 4. The fraction of sp³-hybridized carbons (Fsp3) is 0.391. The molecule has 5 nitrogen and oxygen atoms in total. The molecule has 1 fully saturated rings. The van der Waals surface area contributed by atoms with Gasteiger partial charge in [-0.2, -0.15) is 0 Å². The quantitative estimate of drug-likeness (QED) is 0.455. The molecule has 4 N–H and O–H groups in total.